The zero-order valence-electron chi connectivity index (χ0n) is 13.6. The lowest BCUT2D eigenvalue weighted by Gasteiger charge is -2.04. The van der Waals surface area contributed by atoms with Gasteiger partial charge in [0.15, 0.2) is 0 Å². The van der Waals surface area contributed by atoms with Crippen LogP contribution in [-0.4, -0.2) is 25.2 Å². The summed E-state index contributed by atoms with van der Waals surface area (Å²) in [6.07, 6.45) is 11.7. The second kappa shape index (κ2) is 15.1. The third kappa shape index (κ3) is 14.9. The van der Waals surface area contributed by atoms with Crippen molar-refractivity contribution in [2.45, 2.75) is 71.6 Å². The van der Waals surface area contributed by atoms with Crippen molar-refractivity contribution in [2.24, 2.45) is 0 Å². The monoisotopic (exact) mass is 298 g/mol. The van der Waals surface area contributed by atoms with Gasteiger partial charge in [0.2, 0.25) is 0 Å². The van der Waals surface area contributed by atoms with Crippen LogP contribution in [0.25, 0.3) is 0 Å². The van der Waals surface area contributed by atoms with Crippen LogP contribution in [0.15, 0.2) is 12.2 Å². The van der Waals surface area contributed by atoms with Gasteiger partial charge in [-0.05, 0) is 26.2 Å². The molecule has 0 amide bonds. The number of carbonyl (C=O) groups is 2. The van der Waals surface area contributed by atoms with E-state index in [1.807, 2.05) is 26.0 Å². The quantitative estimate of drug-likeness (QED) is 0.291. The van der Waals surface area contributed by atoms with Crippen molar-refractivity contribution >= 4 is 11.9 Å². The molecule has 0 heterocycles. The zero-order chi connectivity index (χ0) is 15.8. The molecule has 0 aliphatic heterocycles. The molecular formula is C17H30O4. The number of allylic oxidation sites excluding steroid dienone is 1. The number of rotatable bonds is 13. The Kier molecular flexibility index (Phi) is 14.1. The van der Waals surface area contributed by atoms with E-state index in [1.54, 1.807) is 0 Å². The van der Waals surface area contributed by atoms with Crippen molar-refractivity contribution in [1.82, 2.24) is 0 Å². The van der Waals surface area contributed by atoms with Crippen LogP contribution in [0.5, 0.6) is 0 Å². The lowest BCUT2D eigenvalue weighted by atomic mass is 10.1. The van der Waals surface area contributed by atoms with Gasteiger partial charge >= 0.3 is 11.9 Å². The van der Waals surface area contributed by atoms with Crippen LogP contribution in [0.2, 0.25) is 0 Å². The van der Waals surface area contributed by atoms with Crippen molar-refractivity contribution in [3.8, 4) is 0 Å². The first kappa shape index (κ1) is 19.7. The average molecular weight is 298 g/mol. The van der Waals surface area contributed by atoms with E-state index in [4.69, 9.17) is 9.47 Å². The Morgan fingerprint density at radius 2 is 1.38 bits per heavy atom. The predicted molar refractivity (Wildman–Crippen MR) is 84.0 cm³/mol. The molecule has 0 atom stereocenters. The number of hydrogen-bond donors (Lipinski definition) is 0. The first-order valence-electron chi connectivity index (χ1n) is 8.13. The molecular weight excluding hydrogens is 268 g/mol. The molecule has 0 radical (unpaired) electrons. The van der Waals surface area contributed by atoms with E-state index in [-0.39, 0.29) is 11.9 Å². The standard InChI is InChI=1S/C17H30O4/c1-3-5-15-21-17(19)13-11-9-7-6-8-10-12-16(18)20-14-4-2/h3,5H,4,6-15H2,1-2H3/b5-3+. The van der Waals surface area contributed by atoms with E-state index in [1.165, 1.54) is 0 Å². The summed E-state index contributed by atoms with van der Waals surface area (Å²) in [5.41, 5.74) is 0. The van der Waals surface area contributed by atoms with Gasteiger partial charge < -0.3 is 9.47 Å². The Labute approximate surface area is 128 Å². The summed E-state index contributed by atoms with van der Waals surface area (Å²) in [5, 5.41) is 0. The Hall–Kier alpha value is -1.32. The molecule has 0 aromatic rings. The van der Waals surface area contributed by atoms with Crippen LogP contribution >= 0.6 is 0 Å². The number of unbranched alkanes of at least 4 members (excludes halogenated alkanes) is 5. The second-order valence-corrected chi connectivity index (χ2v) is 5.09. The third-order valence-electron chi connectivity index (χ3n) is 3.06. The lowest BCUT2D eigenvalue weighted by molar-refractivity contribution is -0.144. The van der Waals surface area contributed by atoms with Crippen molar-refractivity contribution in [3.63, 3.8) is 0 Å². The molecule has 0 rings (SSSR count). The minimum Gasteiger partial charge on any atom is -0.466 e. The lowest BCUT2D eigenvalue weighted by Crippen LogP contribution is -2.04. The summed E-state index contributed by atoms with van der Waals surface area (Å²) in [4.78, 5) is 22.5. The van der Waals surface area contributed by atoms with Crippen LogP contribution in [0.4, 0.5) is 0 Å². The summed E-state index contributed by atoms with van der Waals surface area (Å²) < 4.78 is 10.0. The molecule has 4 heteroatoms. The molecule has 0 saturated heterocycles. The smallest absolute Gasteiger partial charge is 0.306 e. The van der Waals surface area contributed by atoms with Gasteiger partial charge in [0.05, 0.1) is 6.61 Å². The number of ether oxygens (including phenoxy) is 2. The highest BCUT2D eigenvalue weighted by Crippen LogP contribution is 2.09. The van der Waals surface area contributed by atoms with Gasteiger partial charge in [-0.3, -0.25) is 9.59 Å². The van der Waals surface area contributed by atoms with Crippen LogP contribution < -0.4 is 0 Å². The zero-order valence-corrected chi connectivity index (χ0v) is 13.6. The normalized spacial score (nSPS) is 10.8. The molecule has 21 heavy (non-hydrogen) atoms. The topological polar surface area (TPSA) is 52.6 Å². The van der Waals surface area contributed by atoms with Gasteiger partial charge in [0.1, 0.15) is 6.61 Å². The maximum Gasteiger partial charge on any atom is 0.306 e. The second-order valence-electron chi connectivity index (χ2n) is 5.09. The number of esters is 2. The SMILES string of the molecule is C/C=C/COC(=O)CCCCCCCCC(=O)OCCC. The molecule has 122 valence electrons. The van der Waals surface area contributed by atoms with E-state index < -0.39 is 0 Å². The molecule has 0 aliphatic carbocycles. The van der Waals surface area contributed by atoms with Crippen molar-refractivity contribution in [2.75, 3.05) is 13.2 Å². The first-order chi connectivity index (χ1) is 10.2. The van der Waals surface area contributed by atoms with Crippen molar-refractivity contribution in [1.29, 1.82) is 0 Å². The maximum absolute atomic E-state index is 11.3. The van der Waals surface area contributed by atoms with Crippen LogP contribution in [0, 0.1) is 0 Å². The Balaban J connectivity index is 3.25. The minimum atomic E-state index is -0.119. The maximum atomic E-state index is 11.3. The summed E-state index contributed by atoms with van der Waals surface area (Å²) in [5.74, 6) is -0.201. The van der Waals surface area contributed by atoms with Crippen molar-refractivity contribution < 1.29 is 19.1 Å². The number of hydrogen-bond acceptors (Lipinski definition) is 4. The average Bonchev–Trinajstić information content (AvgIpc) is 2.48. The fourth-order valence-corrected chi connectivity index (χ4v) is 1.84. The van der Waals surface area contributed by atoms with Crippen molar-refractivity contribution in [3.05, 3.63) is 12.2 Å². The van der Waals surface area contributed by atoms with Gasteiger partial charge in [-0.2, -0.15) is 0 Å². The number of carbonyl (C=O) groups excluding carboxylic acids is 2. The third-order valence-corrected chi connectivity index (χ3v) is 3.06. The summed E-state index contributed by atoms with van der Waals surface area (Å²) >= 11 is 0. The molecule has 4 nitrogen and oxygen atoms in total. The summed E-state index contributed by atoms with van der Waals surface area (Å²) in [6, 6.07) is 0. The molecule has 0 N–H and O–H groups in total. The minimum absolute atomic E-state index is 0.0827. The largest absolute Gasteiger partial charge is 0.466 e. The Morgan fingerprint density at radius 3 is 1.90 bits per heavy atom. The highest BCUT2D eigenvalue weighted by Gasteiger charge is 2.03. The molecule has 0 fully saturated rings. The summed E-state index contributed by atoms with van der Waals surface area (Å²) in [7, 11) is 0. The van der Waals surface area contributed by atoms with E-state index in [0.717, 1.165) is 44.9 Å². The van der Waals surface area contributed by atoms with Gasteiger partial charge in [0, 0.05) is 12.8 Å². The molecule has 0 saturated carbocycles. The molecule has 0 aromatic heterocycles. The highest BCUT2D eigenvalue weighted by molar-refractivity contribution is 5.69. The molecule has 0 aliphatic rings. The van der Waals surface area contributed by atoms with Gasteiger partial charge in [0.25, 0.3) is 0 Å². The van der Waals surface area contributed by atoms with E-state index >= 15 is 0 Å². The molecule has 0 unspecified atom stereocenters. The highest BCUT2D eigenvalue weighted by atomic mass is 16.5. The predicted octanol–water partition coefficient (Wildman–Crippen LogP) is 4.18. The fraction of sp³-hybridized carbons (Fsp3) is 0.765. The van der Waals surface area contributed by atoms with Crippen LogP contribution in [0.1, 0.15) is 71.6 Å². The Morgan fingerprint density at radius 1 is 0.857 bits per heavy atom. The first-order valence-corrected chi connectivity index (χ1v) is 8.13. The fourth-order valence-electron chi connectivity index (χ4n) is 1.84. The van der Waals surface area contributed by atoms with Gasteiger partial charge in [-0.25, -0.2) is 0 Å². The summed E-state index contributed by atoms with van der Waals surface area (Å²) in [6.45, 7) is 4.80. The van der Waals surface area contributed by atoms with Crippen LogP contribution in [-0.2, 0) is 19.1 Å². The van der Waals surface area contributed by atoms with Gasteiger partial charge in [-0.15, -0.1) is 0 Å². The van der Waals surface area contributed by atoms with E-state index in [2.05, 4.69) is 0 Å². The van der Waals surface area contributed by atoms with Crippen LogP contribution in [0.3, 0.4) is 0 Å². The van der Waals surface area contributed by atoms with E-state index in [9.17, 15) is 9.59 Å². The molecule has 0 bridgehead atoms. The van der Waals surface area contributed by atoms with E-state index in [0.29, 0.717) is 26.1 Å². The van der Waals surface area contributed by atoms with Gasteiger partial charge in [-0.1, -0.05) is 44.8 Å². The molecule has 0 aromatic carbocycles. The molecule has 0 spiro atoms. The Bertz CT molecular complexity index is 297.